The molecule has 0 aliphatic rings. The lowest BCUT2D eigenvalue weighted by Crippen LogP contribution is -2.00. The van der Waals surface area contributed by atoms with Gasteiger partial charge < -0.3 is 4.42 Å². The molecule has 0 aliphatic carbocycles. The maximum absolute atomic E-state index is 12.2. The first-order valence-corrected chi connectivity index (χ1v) is 6.80. The molecule has 0 N–H and O–H groups in total. The zero-order valence-electron chi connectivity index (χ0n) is 10.6. The van der Waals surface area contributed by atoms with Crippen LogP contribution in [-0.2, 0) is 0 Å². The molecule has 1 aromatic heterocycles. The SMILES string of the molecule is Cc1ccc(-c2cc(=O)c3cc(Cl)cc(Cl)c3o2)cc1. The molecule has 4 heteroatoms. The second-order valence-electron chi connectivity index (χ2n) is 4.61. The molecule has 0 fully saturated rings. The van der Waals surface area contributed by atoms with Gasteiger partial charge in [0.05, 0.1) is 10.4 Å². The molecule has 1 heterocycles. The summed E-state index contributed by atoms with van der Waals surface area (Å²) in [5, 5.41) is 1.13. The van der Waals surface area contributed by atoms with E-state index in [4.69, 9.17) is 27.6 Å². The molecule has 3 rings (SSSR count). The van der Waals surface area contributed by atoms with Gasteiger partial charge in [-0.05, 0) is 19.1 Å². The monoisotopic (exact) mass is 304 g/mol. The van der Waals surface area contributed by atoms with Gasteiger partial charge in [-0.3, -0.25) is 4.79 Å². The first-order valence-electron chi connectivity index (χ1n) is 6.04. The summed E-state index contributed by atoms with van der Waals surface area (Å²) in [7, 11) is 0. The highest BCUT2D eigenvalue weighted by atomic mass is 35.5. The van der Waals surface area contributed by atoms with E-state index in [1.54, 1.807) is 12.1 Å². The van der Waals surface area contributed by atoms with Crippen molar-refractivity contribution in [3.8, 4) is 11.3 Å². The Bertz CT molecular complexity index is 849. The molecule has 3 aromatic rings. The Kier molecular flexibility index (Phi) is 3.28. The normalized spacial score (nSPS) is 10.9. The third kappa shape index (κ3) is 2.33. The van der Waals surface area contributed by atoms with Crippen molar-refractivity contribution in [3.63, 3.8) is 0 Å². The van der Waals surface area contributed by atoms with E-state index in [2.05, 4.69) is 0 Å². The zero-order chi connectivity index (χ0) is 14.3. The van der Waals surface area contributed by atoms with Gasteiger partial charge in [-0.2, -0.15) is 0 Å². The van der Waals surface area contributed by atoms with Gasteiger partial charge in [0.2, 0.25) is 0 Å². The summed E-state index contributed by atoms with van der Waals surface area (Å²) in [5.74, 6) is 0.492. The number of benzene rings is 2. The minimum Gasteiger partial charge on any atom is -0.454 e. The van der Waals surface area contributed by atoms with Crippen LogP contribution in [0.1, 0.15) is 5.56 Å². The van der Waals surface area contributed by atoms with Gasteiger partial charge in [-0.25, -0.2) is 0 Å². The Morgan fingerprint density at radius 2 is 1.70 bits per heavy atom. The Morgan fingerprint density at radius 3 is 2.40 bits per heavy atom. The lowest BCUT2D eigenvalue weighted by Gasteiger charge is -2.05. The fourth-order valence-corrected chi connectivity index (χ4v) is 2.58. The van der Waals surface area contributed by atoms with Crippen molar-refractivity contribution in [3.05, 3.63) is 68.3 Å². The molecule has 0 spiro atoms. The maximum Gasteiger partial charge on any atom is 0.193 e. The van der Waals surface area contributed by atoms with Crippen molar-refractivity contribution in [1.29, 1.82) is 0 Å². The van der Waals surface area contributed by atoms with E-state index < -0.39 is 0 Å². The minimum absolute atomic E-state index is 0.161. The van der Waals surface area contributed by atoms with Crippen molar-refractivity contribution in [2.75, 3.05) is 0 Å². The predicted octanol–water partition coefficient (Wildman–Crippen LogP) is 5.08. The molecule has 20 heavy (non-hydrogen) atoms. The molecule has 0 saturated heterocycles. The summed E-state index contributed by atoms with van der Waals surface area (Å²) in [6, 6.07) is 12.3. The Hall–Kier alpha value is -1.77. The average Bonchev–Trinajstić information content (AvgIpc) is 2.40. The molecule has 0 unspecified atom stereocenters. The maximum atomic E-state index is 12.2. The summed E-state index contributed by atoms with van der Waals surface area (Å²) in [5.41, 5.74) is 2.17. The van der Waals surface area contributed by atoms with Crippen LogP contribution in [0.3, 0.4) is 0 Å². The Labute approximate surface area is 125 Å². The summed E-state index contributed by atoms with van der Waals surface area (Å²) in [6.07, 6.45) is 0. The zero-order valence-corrected chi connectivity index (χ0v) is 12.1. The van der Waals surface area contributed by atoms with E-state index >= 15 is 0 Å². The molecule has 0 aliphatic heterocycles. The predicted molar refractivity (Wildman–Crippen MR) is 82.7 cm³/mol. The fourth-order valence-electron chi connectivity index (χ4n) is 2.04. The van der Waals surface area contributed by atoms with Crippen molar-refractivity contribution in [2.45, 2.75) is 6.92 Å². The summed E-state index contributed by atoms with van der Waals surface area (Å²) in [4.78, 5) is 12.2. The van der Waals surface area contributed by atoms with Crippen molar-refractivity contribution < 1.29 is 4.42 Å². The van der Waals surface area contributed by atoms with Gasteiger partial charge in [0.1, 0.15) is 5.76 Å². The van der Waals surface area contributed by atoms with Crippen LogP contribution in [-0.4, -0.2) is 0 Å². The van der Waals surface area contributed by atoms with Crippen LogP contribution >= 0.6 is 23.2 Å². The lowest BCUT2D eigenvalue weighted by atomic mass is 10.1. The van der Waals surface area contributed by atoms with Crippen LogP contribution in [0.4, 0.5) is 0 Å². The number of halogens is 2. The van der Waals surface area contributed by atoms with E-state index in [1.165, 1.54) is 6.07 Å². The number of hydrogen-bond donors (Lipinski definition) is 0. The second-order valence-corrected chi connectivity index (χ2v) is 5.45. The van der Waals surface area contributed by atoms with Gasteiger partial charge in [0.15, 0.2) is 11.0 Å². The quantitative estimate of drug-likeness (QED) is 0.628. The molecule has 0 atom stereocenters. The Balaban J connectivity index is 2.29. The lowest BCUT2D eigenvalue weighted by molar-refractivity contribution is 0.619. The van der Waals surface area contributed by atoms with E-state index in [1.807, 2.05) is 31.2 Å². The molecule has 2 aromatic carbocycles. The molecular weight excluding hydrogens is 295 g/mol. The van der Waals surface area contributed by atoms with Gasteiger partial charge in [0.25, 0.3) is 0 Å². The van der Waals surface area contributed by atoms with Gasteiger partial charge >= 0.3 is 0 Å². The number of fused-ring (bicyclic) bond motifs is 1. The molecule has 0 radical (unpaired) electrons. The topological polar surface area (TPSA) is 30.2 Å². The smallest absolute Gasteiger partial charge is 0.193 e. The molecule has 0 bridgehead atoms. The van der Waals surface area contributed by atoms with E-state index in [0.717, 1.165) is 11.1 Å². The first kappa shape index (κ1) is 13.2. The highest BCUT2D eigenvalue weighted by molar-refractivity contribution is 6.38. The van der Waals surface area contributed by atoms with Crippen molar-refractivity contribution in [2.24, 2.45) is 0 Å². The average molecular weight is 305 g/mol. The largest absolute Gasteiger partial charge is 0.454 e. The van der Waals surface area contributed by atoms with Crippen LogP contribution in [0, 0.1) is 6.92 Å². The second kappa shape index (κ2) is 4.97. The third-order valence-corrected chi connectivity index (χ3v) is 3.58. The molecule has 2 nitrogen and oxygen atoms in total. The van der Waals surface area contributed by atoms with Gasteiger partial charge in [-0.1, -0.05) is 53.0 Å². The van der Waals surface area contributed by atoms with Gasteiger partial charge in [-0.15, -0.1) is 0 Å². The van der Waals surface area contributed by atoms with Crippen molar-refractivity contribution in [1.82, 2.24) is 0 Å². The Morgan fingerprint density at radius 1 is 1.00 bits per heavy atom. The van der Waals surface area contributed by atoms with E-state index in [0.29, 0.717) is 26.8 Å². The van der Waals surface area contributed by atoms with Crippen LogP contribution in [0.2, 0.25) is 10.0 Å². The van der Waals surface area contributed by atoms with Crippen LogP contribution < -0.4 is 5.43 Å². The van der Waals surface area contributed by atoms with Crippen molar-refractivity contribution >= 4 is 34.2 Å². The van der Waals surface area contributed by atoms with E-state index in [9.17, 15) is 4.79 Å². The number of aryl methyl sites for hydroxylation is 1. The van der Waals surface area contributed by atoms with Crippen LogP contribution in [0.5, 0.6) is 0 Å². The van der Waals surface area contributed by atoms with Gasteiger partial charge in [0, 0.05) is 16.7 Å². The summed E-state index contributed by atoms with van der Waals surface area (Å²) >= 11 is 12.0. The van der Waals surface area contributed by atoms with E-state index in [-0.39, 0.29) is 5.43 Å². The van der Waals surface area contributed by atoms with Crippen LogP contribution in [0.15, 0.2) is 51.7 Å². The highest BCUT2D eigenvalue weighted by Crippen LogP contribution is 2.29. The first-order chi connectivity index (χ1) is 9.54. The number of rotatable bonds is 1. The minimum atomic E-state index is -0.161. The summed E-state index contributed by atoms with van der Waals surface area (Å²) in [6.45, 7) is 2.00. The highest BCUT2D eigenvalue weighted by Gasteiger charge is 2.11. The molecule has 100 valence electrons. The third-order valence-electron chi connectivity index (χ3n) is 3.08. The molecule has 0 amide bonds. The number of hydrogen-bond acceptors (Lipinski definition) is 2. The standard InChI is InChI=1S/C16H10Cl2O2/c1-9-2-4-10(5-3-9)15-8-14(19)12-6-11(17)7-13(18)16(12)20-15/h2-8H,1H3. The molecule has 0 saturated carbocycles. The fraction of sp³-hybridized carbons (Fsp3) is 0.0625. The molecular formula is C16H10Cl2O2. The summed E-state index contributed by atoms with van der Waals surface area (Å²) < 4.78 is 5.76. The van der Waals surface area contributed by atoms with Crippen LogP contribution in [0.25, 0.3) is 22.3 Å².